The number of anilines is 1. The second-order valence-electron chi connectivity index (χ2n) is 8.25. The summed E-state index contributed by atoms with van der Waals surface area (Å²) >= 11 is 5.93. The van der Waals surface area contributed by atoms with Crippen molar-refractivity contribution in [3.8, 4) is 0 Å². The van der Waals surface area contributed by atoms with Gasteiger partial charge in [0.2, 0.25) is 5.78 Å². The maximum atomic E-state index is 13.0. The molecule has 0 radical (unpaired) electrons. The van der Waals surface area contributed by atoms with E-state index in [2.05, 4.69) is 0 Å². The smallest absolute Gasteiger partial charge is 0.332 e. The van der Waals surface area contributed by atoms with Crippen molar-refractivity contribution in [1.82, 2.24) is 9.13 Å². The standard InChI is InChI=1S/C25H24ClN3O5/c1-2-28-22(31)20(21(27)29(24(28)33)14-16-6-4-3-5-7-16)19(30)15-34-23(32)25(12-13-25)17-8-10-18(26)11-9-17/h3-11H,2,12-15,27H2,1H3. The van der Waals surface area contributed by atoms with Crippen LogP contribution in [0.25, 0.3) is 0 Å². The maximum Gasteiger partial charge on any atom is 0.332 e. The number of nitrogen functional groups attached to an aromatic ring is 1. The molecule has 176 valence electrons. The van der Waals surface area contributed by atoms with Crippen LogP contribution in [0.5, 0.6) is 0 Å². The lowest BCUT2D eigenvalue weighted by Crippen LogP contribution is -2.44. The molecule has 0 saturated heterocycles. The van der Waals surface area contributed by atoms with Gasteiger partial charge in [-0.3, -0.25) is 23.5 Å². The molecule has 1 aliphatic rings. The van der Waals surface area contributed by atoms with Gasteiger partial charge in [-0.25, -0.2) is 4.79 Å². The lowest BCUT2D eigenvalue weighted by molar-refractivity contribution is -0.145. The normalized spacial score (nSPS) is 13.9. The topological polar surface area (TPSA) is 113 Å². The third kappa shape index (κ3) is 4.28. The van der Waals surface area contributed by atoms with Crippen molar-refractivity contribution in [2.24, 2.45) is 0 Å². The van der Waals surface area contributed by atoms with Crippen LogP contribution in [0.4, 0.5) is 5.82 Å². The van der Waals surface area contributed by atoms with Crippen molar-refractivity contribution in [3.05, 3.63) is 97.1 Å². The molecule has 0 atom stereocenters. The van der Waals surface area contributed by atoms with Gasteiger partial charge in [-0.15, -0.1) is 0 Å². The van der Waals surface area contributed by atoms with Gasteiger partial charge in [-0.2, -0.15) is 0 Å². The number of nitrogens with zero attached hydrogens (tertiary/aromatic N) is 2. The monoisotopic (exact) mass is 481 g/mol. The van der Waals surface area contributed by atoms with Crippen LogP contribution in [-0.2, 0) is 28.0 Å². The number of nitrogens with two attached hydrogens (primary N) is 1. The molecule has 2 aromatic carbocycles. The average molecular weight is 482 g/mol. The van der Waals surface area contributed by atoms with Crippen molar-refractivity contribution in [2.75, 3.05) is 12.3 Å². The molecular weight excluding hydrogens is 458 g/mol. The van der Waals surface area contributed by atoms with Crippen LogP contribution in [-0.4, -0.2) is 27.5 Å². The zero-order chi connectivity index (χ0) is 24.5. The molecule has 9 heteroatoms. The third-order valence-corrected chi connectivity index (χ3v) is 6.37. The molecule has 1 aliphatic carbocycles. The molecule has 4 rings (SSSR count). The van der Waals surface area contributed by atoms with Crippen LogP contribution in [0.15, 0.2) is 64.2 Å². The summed E-state index contributed by atoms with van der Waals surface area (Å²) in [5.41, 5.74) is 5.10. The first-order chi connectivity index (χ1) is 16.3. The van der Waals surface area contributed by atoms with Crippen molar-refractivity contribution < 1.29 is 14.3 Å². The van der Waals surface area contributed by atoms with Crippen molar-refractivity contribution in [3.63, 3.8) is 0 Å². The highest BCUT2D eigenvalue weighted by Crippen LogP contribution is 2.49. The molecule has 0 bridgehead atoms. The molecular formula is C25H24ClN3O5. The molecule has 0 unspecified atom stereocenters. The Kier molecular flexibility index (Phi) is 6.43. The number of carbonyl (C=O) groups excluding carboxylic acids is 2. The number of rotatable bonds is 8. The van der Waals surface area contributed by atoms with Gasteiger partial charge in [0.25, 0.3) is 5.56 Å². The van der Waals surface area contributed by atoms with Gasteiger partial charge in [-0.05, 0) is 43.0 Å². The minimum absolute atomic E-state index is 0.0620. The first kappa shape index (κ1) is 23.5. The lowest BCUT2D eigenvalue weighted by Gasteiger charge is -2.17. The van der Waals surface area contributed by atoms with Crippen LogP contribution in [0.1, 0.15) is 41.3 Å². The first-order valence-corrected chi connectivity index (χ1v) is 11.3. The van der Waals surface area contributed by atoms with Gasteiger partial charge in [-0.1, -0.05) is 54.1 Å². The van der Waals surface area contributed by atoms with Gasteiger partial charge in [0.15, 0.2) is 6.61 Å². The van der Waals surface area contributed by atoms with E-state index in [0.29, 0.717) is 17.9 Å². The number of hydrogen-bond donors (Lipinski definition) is 1. The molecule has 2 N–H and O–H groups in total. The summed E-state index contributed by atoms with van der Waals surface area (Å²) in [6.45, 7) is 1.13. The van der Waals surface area contributed by atoms with Gasteiger partial charge in [0, 0.05) is 11.6 Å². The van der Waals surface area contributed by atoms with Gasteiger partial charge < -0.3 is 10.5 Å². The second-order valence-corrected chi connectivity index (χ2v) is 8.69. The molecule has 34 heavy (non-hydrogen) atoms. The number of esters is 1. The highest BCUT2D eigenvalue weighted by molar-refractivity contribution is 6.30. The third-order valence-electron chi connectivity index (χ3n) is 6.12. The summed E-state index contributed by atoms with van der Waals surface area (Å²) in [5.74, 6) is -1.55. The van der Waals surface area contributed by atoms with Crippen molar-refractivity contribution in [1.29, 1.82) is 0 Å². The second kappa shape index (κ2) is 9.30. The highest BCUT2D eigenvalue weighted by atomic mass is 35.5. The summed E-state index contributed by atoms with van der Waals surface area (Å²) in [6, 6.07) is 16.0. The predicted octanol–water partition coefficient (Wildman–Crippen LogP) is 2.77. The Labute approximate surface area is 200 Å². The Morgan fingerprint density at radius 1 is 1.03 bits per heavy atom. The summed E-state index contributed by atoms with van der Waals surface area (Å²) < 4.78 is 7.46. The van der Waals surface area contributed by atoms with Crippen LogP contribution >= 0.6 is 11.6 Å². The Hall–Kier alpha value is -3.65. The molecule has 0 aliphatic heterocycles. The quantitative estimate of drug-likeness (QED) is 0.391. The van der Waals surface area contributed by atoms with E-state index in [-0.39, 0.29) is 24.5 Å². The summed E-state index contributed by atoms with van der Waals surface area (Å²) in [7, 11) is 0. The number of ketones is 1. The summed E-state index contributed by atoms with van der Waals surface area (Å²) in [6.07, 6.45) is 1.18. The highest BCUT2D eigenvalue weighted by Gasteiger charge is 2.53. The molecule has 1 saturated carbocycles. The van der Waals surface area contributed by atoms with Gasteiger partial charge >= 0.3 is 11.7 Å². The van der Waals surface area contributed by atoms with Crippen molar-refractivity contribution in [2.45, 2.75) is 38.3 Å². The Morgan fingerprint density at radius 2 is 1.68 bits per heavy atom. The predicted molar refractivity (Wildman–Crippen MR) is 128 cm³/mol. The first-order valence-electron chi connectivity index (χ1n) is 10.9. The number of aromatic nitrogens is 2. The molecule has 0 spiro atoms. The average Bonchev–Trinajstić information content (AvgIpc) is 3.64. The van der Waals surface area contributed by atoms with E-state index in [9.17, 15) is 19.2 Å². The van der Waals surface area contributed by atoms with Crippen LogP contribution in [0.3, 0.4) is 0 Å². The fourth-order valence-corrected chi connectivity index (χ4v) is 4.15. The van der Waals surface area contributed by atoms with E-state index in [1.807, 2.05) is 30.3 Å². The van der Waals surface area contributed by atoms with E-state index in [1.165, 1.54) is 4.57 Å². The number of benzene rings is 2. The van der Waals surface area contributed by atoms with Gasteiger partial charge in [0.05, 0.1) is 12.0 Å². The zero-order valence-corrected chi connectivity index (χ0v) is 19.4. The minimum Gasteiger partial charge on any atom is -0.457 e. The molecule has 1 fully saturated rings. The van der Waals surface area contributed by atoms with E-state index in [4.69, 9.17) is 22.1 Å². The lowest BCUT2D eigenvalue weighted by atomic mass is 9.96. The van der Waals surface area contributed by atoms with E-state index < -0.39 is 35.0 Å². The van der Waals surface area contributed by atoms with Crippen LogP contribution in [0, 0.1) is 0 Å². The molecule has 0 amide bonds. The van der Waals surface area contributed by atoms with E-state index >= 15 is 0 Å². The number of hydrogen-bond acceptors (Lipinski definition) is 6. The van der Waals surface area contributed by atoms with Crippen LogP contribution in [0.2, 0.25) is 5.02 Å². The maximum absolute atomic E-state index is 13.0. The number of Topliss-reactive ketones (excluding diaryl/α,β-unsaturated/α-hetero) is 1. The number of ether oxygens (including phenoxy) is 1. The van der Waals surface area contributed by atoms with Crippen molar-refractivity contribution >= 4 is 29.2 Å². The summed E-state index contributed by atoms with van der Waals surface area (Å²) in [4.78, 5) is 51.6. The van der Waals surface area contributed by atoms with Gasteiger partial charge in [0.1, 0.15) is 11.4 Å². The fourth-order valence-electron chi connectivity index (χ4n) is 4.02. The molecule has 1 heterocycles. The Bertz CT molecular complexity index is 1360. The largest absolute Gasteiger partial charge is 0.457 e. The Morgan fingerprint density at radius 3 is 2.26 bits per heavy atom. The van der Waals surface area contributed by atoms with E-state index in [1.54, 1.807) is 31.2 Å². The molecule has 8 nitrogen and oxygen atoms in total. The SMILES string of the molecule is CCn1c(=O)c(C(=O)COC(=O)C2(c3ccc(Cl)cc3)CC2)c(N)n(Cc2ccccc2)c1=O. The zero-order valence-electron chi connectivity index (χ0n) is 18.6. The summed E-state index contributed by atoms with van der Waals surface area (Å²) in [5, 5.41) is 0.552. The molecule has 1 aromatic heterocycles. The fraction of sp³-hybridized carbons (Fsp3) is 0.280. The number of halogens is 1. The Balaban J connectivity index is 1.60. The molecule has 3 aromatic rings. The minimum atomic E-state index is -0.813. The van der Waals surface area contributed by atoms with E-state index in [0.717, 1.165) is 15.7 Å². The van der Waals surface area contributed by atoms with Crippen LogP contribution < -0.4 is 17.0 Å². The number of carbonyl (C=O) groups is 2.